The van der Waals surface area contributed by atoms with E-state index in [-0.39, 0.29) is 5.91 Å². The Morgan fingerprint density at radius 1 is 1.09 bits per heavy atom. The zero-order chi connectivity index (χ0) is 15.8. The predicted molar refractivity (Wildman–Crippen MR) is 89.9 cm³/mol. The summed E-state index contributed by atoms with van der Waals surface area (Å²) in [7, 11) is 0. The van der Waals surface area contributed by atoms with Crippen LogP contribution in [0.1, 0.15) is 44.2 Å². The van der Waals surface area contributed by atoms with Crippen LogP contribution in [0.3, 0.4) is 0 Å². The molecule has 1 aromatic heterocycles. The van der Waals surface area contributed by atoms with E-state index in [1.54, 1.807) is 6.20 Å². The van der Waals surface area contributed by atoms with E-state index in [9.17, 15) is 4.79 Å². The molecular weight excluding hydrogens is 274 g/mol. The molecule has 0 radical (unpaired) electrons. The van der Waals surface area contributed by atoms with Gasteiger partial charge in [-0.25, -0.2) is 4.68 Å². The minimum Gasteiger partial charge on any atom is -0.311 e. The summed E-state index contributed by atoms with van der Waals surface area (Å²) in [5.74, 6) is 0.769. The van der Waals surface area contributed by atoms with Gasteiger partial charge >= 0.3 is 0 Å². The van der Waals surface area contributed by atoms with Crippen LogP contribution in [0, 0.1) is 0 Å². The molecule has 118 valence electrons. The van der Waals surface area contributed by atoms with Crippen molar-refractivity contribution in [1.82, 2.24) is 9.78 Å². The zero-order valence-corrected chi connectivity index (χ0v) is 13.5. The van der Waals surface area contributed by atoms with Crippen molar-refractivity contribution in [3.8, 4) is 0 Å². The molecule has 1 heterocycles. The summed E-state index contributed by atoms with van der Waals surface area (Å²) in [6.07, 6.45) is 6.62. The van der Waals surface area contributed by atoms with E-state index in [1.807, 2.05) is 22.9 Å². The van der Waals surface area contributed by atoms with E-state index in [0.29, 0.717) is 6.42 Å². The second-order valence-electron chi connectivity index (χ2n) is 5.58. The summed E-state index contributed by atoms with van der Waals surface area (Å²) in [6, 6.07) is 10.2. The van der Waals surface area contributed by atoms with Crippen molar-refractivity contribution in [1.29, 1.82) is 0 Å². The molecule has 1 N–H and O–H groups in total. The molecular formula is C18H25N3O. The van der Waals surface area contributed by atoms with Gasteiger partial charge in [0.15, 0.2) is 0 Å². The van der Waals surface area contributed by atoms with Crippen LogP contribution in [0.4, 0.5) is 5.82 Å². The average Bonchev–Trinajstić information content (AvgIpc) is 2.94. The van der Waals surface area contributed by atoms with Crippen molar-refractivity contribution in [3.63, 3.8) is 0 Å². The quantitative estimate of drug-likeness (QED) is 0.805. The lowest BCUT2D eigenvalue weighted by molar-refractivity contribution is -0.115. The van der Waals surface area contributed by atoms with Crippen molar-refractivity contribution in [2.75, 3.05) is 5.32 Å². The number of hydrogen-bond acceptors (Lipinski definition) is 2. The molecule has 2 rings (SSSR count). The van der Waals surface area contributed by atoms with Gasteiger partial charge in [-0.15, -0.1) is 0 Å². The fraction of sp³-hybridized carbons (Fsp3) is 0.444. The molecule has 1 aromatic carbocycles. The van der Waals surface area contributed by atoms with Crippen LogP contribution in [-0.2, 0) is 24.2 Å². The monoisotopic (exact) mass is 299 g/mol. The predicted octanol–water partition coefficient (Wildman–Crippen LogP) is 3.82. The van der Waals surface area contributed by atoms with E-state index in [1.165, 1.54) is 18.4 Å². The highest BCUT2D eigenvalue weighted by Gasteiger charge is 2.08. The number of hydrogen-bond donors (Lipinski definition) is 1. The molecule has 22 heavy (non-hydrogen) atoms. The van der Waals surface area contributed by atoms with Crippen LogP contribution >= 0.6 is 0 Å². The molecule has 0 aliphatic heterocycles. The summed E-state index contributed by atoms with van der Waals surface area (Å²) in [4.78, 5) is 12.1. The van der Waals surface area contributed by atoms with Gasteiger partial charge in [-0.05, 0) is 30.4 Å². The molecule has 0 aliphatic carbocycles. The second kappa shape index (κ2) is 8.37. The van der Waals surface area contributed by atoms with E-state index < -0.39 is 0 Å². The minimum atomic E-state index is -0.000777. The van der Waals surface area contributed by atoms with Gasteiger partial charge in [0.05, 0.1) is 12.6 Å². The SMILES string of the molecule is CCCCc1ccc(CC(=O)Nc2ccnn2CCC)cc1. The summed E-state index contributed by atoms with van der Waals surface area (Å²) in [6.45, 7) is 5.10. The van der Waals surface area contributed by atoms with Gasteiger partial charge in [0.2, 0.25) is 5.91 Å². The highest BCUT2D eigenvalue weighted by molar-refractivity contribution is 5.91. The Hall–Kier alpha value is -2.10. The van der Waals surface area contributed by atoms with Crippen LogP contribution in [0.5, 0.6) is 0 Å². The highest BCUT2D eigenvalue weighted by Crippen LogP contribution is 2.11. The number of unbranched alkanes of at least 4 members (excludes halogenated alkanes) is 1. The number of nitrogens with zero attached hydrogens (tertiary/aromatic N) is 2. The number of aromatic nitrogens is 2. The first kappa shape index (κ1) is 16.3. The number of benzene rings is 1. The molecule has 0 bridgehead atoms. The zero-order valence-electron chi connectivity index (χ0n) is 13.5. The van der Waals surface area contributed by atoms with Gasteiger partial charge in [-0.2, -0.15) is 5.10 Å². The number of aryl methyl sites for hydroxylation is 2. The first-order valence-electron chi connectivity index (χ1n) is 8.12. The Morgan fingerprint density at radius 3 is 2.50 bits per heavy atom. The molecule has 0 atom stereocenters. The maximum absolute atomic E-state index is 12.1. The topological polar surface area (TPSA) is 46.9 Å². The molecule has 0 saturated heterocycles. The number of carbonyl (C=O) groups excluding carboxylic acids is 1. The standard InChI is InChI=1S/C18H25N3O/c1-3-5-6-15-7-9-16(10-8-15)14-18(22)20-17-11-12-19-21(17)13-4-2/h7-12H,3-6,13-14H2,1-2H3,(H,20,22). The molecule has 4 heteroatoms. The fourth-order valence-electron chi connectivity index (χ4n) is 2.41. The molecule has 0 spiro atoms. The maximum Gasteiger partial charge on any atom is 0.229 e. The minimum absolute atomic E-state index is 0.000777. The molecule has 0 saturated carbocycles. The van der Waals surface area contributed by atoms with Crippen molar-refractivity contribution in [2.24, 2.45) is 0 Å². The third kappa shape index (κ3) is 4.72. The van der Waals surface area contributed by atoms with Crippen LogP contribution in [0.15, 0.2) is 36.5 Å². The summed E-state index contributed by atoms with van der Waals surface area (Å²) >= 11 is 0. The van der Waals surface area contributed by atoms with E-state index >= 15 is 0 Å². The molecule has 0 aliphatic rings. The highest BCUT2D eigenvalue weighted by atomic mass is 16.1. The first-order valence-corrected chi connectivity index (χ1v) is 8.12. The van der Waals surface area contributed by atoms with E-state index in [2.05, 4.69) is 36.4 Å². The Balaban J connectivity index is 1.90. The lowest BCUT2D eigenvalue weighted by atomic mass is 10.0. The van der Waals surface area contributed by atoms with Crippen molar-refractivity contribution < 1.29 is 4.79 Å². The molecule has 0 unspecified atom stereocenters. The Bertz CT molecular complexity index is 587. The summed E-state index contributed by atoms with van der Waals surface area (Å²) < 4.78 is 1.83. The summed E-state index contributed by atoms with van der Waals surface area (Å²) in [5.41, 5.74) is 2.38. The molecule has 0 fully saturated rings. The Kier molecular flexibility index (Phi) is 6.19. The van der Waals surface area contributed by atoms with Crippen molar-refractivity contribution in [2.45, 2.75) is 52.5 Å². The van der Waals surface area contributed by atoms with Crippen LogP contribution in [0.25, 0.3) is 0 Å². The van der Waals surface area contributed by atoms with Crippen LogP contribution in [0.2, 0.25) is 0 Å². The number of amides is 1. The lowest BCUT2D eigenvalue weighted by Gasteiger charge is -2.08. The first-order chi connectivity index (χ1) is 10.7. The second-order valence-corrected chi connectivity index (χ2v) is 5.58. The largest absolute Gasteiger partial charge is 0.311 e. The fourth-order valence-corrected chi connectivity index (χ4v) is 2.41. The third-order valence-electron chi connectivity index (χ3n) is 3.63. The molecule has 2 aromatic rings. The van der Waals surface area contributed by atoms with Gasteiger partial charge in [0.25, 0.3) is 0 Å². The maximum atomic E-state index is 12.1. The van der Waals surface area contributed by atoms with E-state index in [4.69, 9.17) is 0 Å². The van der Waals surface area contributed by atoms with Crippen LogP contribution < -0.4 is 5.32 Å². The lowest BCUT2D eigenvalue weighted by Crippen LogP contribution is -2.17. The molecule has 1 amide bonds. The summed E-state index contributed by atoms with van der Waals surface area (Å²) in [5, 5.41) is 7.14. The number of rotatable bonds is 8. The third-order valence-corrected chi connectivity index (χ3v) is 3.63. The van der Waals surface area contributed by atoms with E-state index in [0.717, 1.165) is 30.8 Å². The smallest absolute Gasteiger partial charge is 0.229 e. The van der Waals surface area contributed by atoms with Gasteiger partial charge in [0, 0.05) is 12.6 Å². The van der Waals surface area contributed by atoms with Gasteiger partial charge in [0.1, 0.15) is 5.82 Å². The number of carbonyl (C=O) groups is 1. The van der Waals surface area contributed by atoms with Gasteiger partial charge in [-0.3, -0.25) is 4.79 Å². The van der Waals surface area contributed by atoms with Crippen LogP contribution in [-0.4, -0.2) is 15.7 Å². The Morgan fingerprint density at radius 2 is 1.82 bits per heavy atom. The average molecular weight is 299 g/mol. The molecule has 4 nitrogen and oxygen atoms in total. The number of nitrogens with one attached hydrogen (secondary N) is 1. The van der Waals surface area contributed by atoms with Gasteiger partial charge in [-0.1, -0.05) is 44.5 Å². The normalized spacial score (nSPS) is 10.6. The van der Waals surface area contributed by atoms with Gasteiger partial charge < -0.3 is 5.32 Å². The van der Waals surface area contributed by atoms with Crippen molar-refractivity contribution >= 4 is 11.7 Å². The number of anilines is 1. The van der Waals surface area contributed by atoms with Crippen molar-refractivity contribution in [3.05, 3.63) is 47.7 Å². The Labute approximate surface area is 132 Å².